The molecule has 8 heteroatoms. The van der Waals surface area contributed by atoms with E-state index in [1.807, 2.05) is 13.0 Å². The van der Waals surface area contributed by atoms with Crippen LogP contribution in [0, 0.1) is 12.8 Å². The Morgan fingerprint density at radius 3 is 3.00 bits per heavy atom. The van der Waals surface area contributed by atoms with Gasteiger partial charge in [0.25, 0.3) is 5.91 Å². The van der Waals surface area contributed by atoms with E-state index < -0.39 is 0 Å². The maximum Gasteiger partial charge on any atom is 0.273 e. The number of amides is 1. The van der Waals surface area contributed by atoms with Crippen LogP contribution in [0.2, 0.25) is 5.02 Å². The highest BCUT2D eigenvalue weighted by molar-refractivity contribution is 6.33. The zero-order valence-corrected chi connectivity index (χ0v) is 13.1. The molecule has 1 N–H and O–H groups in total. The van der Waals surface area contributed by atoms with Gasteiger partial charge in [0.15, 0.2) is 0 Å². The SMILES string of the molecule is COC1CN(C(=O)c2[nH]ncc2Cl)CC1Cc1cc(C)no1. The van der Waals surface area contributed by atoms with Crippen molar-refractivity contribution in [2.24, 2.45) is 5.92 Å². The van der Waals surface area contributed by atoms with Crippen molar-refractivity contribution in [2.45, 2.75) is 19.4 Å². The zero-order chi connectivity index (χ0) is 15.7. The van der Waals surface area contributed by atoms with Gasteiger partial charge >= 0.3 is 0 Å². The van der Waals surface area contributed by atoms with E-state index in [0.29, 0.717) is 30.2 Å². The van der Waals surface area contributed by atoms with Gasteiger partial charge in [-0.2, -0.15) is 5.10 Å². The molecular formula is C14H17ClN4O3. The van der Waals surface area contributed by atoms with Crippen LogP contribution in [0.3, 0.4) is 0 Å². The molecule has 0 spiro atoms. The molecule has 2 aromatic heterocycles. The van der Waals surface area contributed by atoms with Crippen molar-refractivity contribution < 1.29 is 14.1 Å². The second-order valence-electron chi connectivity index (χ2n) is 5.48. The number of hydrogen-bond acceptors (Lipinski definition) is 5. The summed E-state index contributed by atoms with van der Waals surface area (Å²) in [6.07, 6.45) is 2.06. The van der Waals surface area contributed by atoms with Crippen LogP contribution in [0.5, 0.6) is 0 Å². The van der Waals surface area contributed by atoms with Crippen LogP contribution in [-0.4, -0.2) is 52.5 Å². The van der Waals surface area contributed by atoms with Crippen molar-refractivity contribution in [3.8, 4) is 0 Å². The number of ether oxygens (including phenoxy) is 1. The summed E-state index contributed by atoms with van der Waals surface area (Å²) in [5, 5.41) is 10.6. The van der Waals surface area contributed by atoms with Gasteiger partial charge in [0.05, 0.1) is 23.0 Å². The smallest absolute Gasteiger partial charge is 0.273 e. The molecule has 7 nitrogen and oxygen atoms in total. The third kappa shape index (κ3) is 2.86. The van der Waals surface area contributed by atoms with E-state index in [9.17, 15) is 4.79 Å². The predicted octanol–water partition coefficient (Wildman–Crippen LogP) is 1.69. The van der Waals surface area contributed by atoms with Crippen molar-refractivity contribution in [3.05, 3.63) is 34.4 Å². The third-order valence-corrected chi connectivity index (χ3v) is 4.20. The molecule has 1 fully saturated rings. The van der Waals surface area contributed by atoms with E-state index in [1.165, 1.54) is 6.20 Å². The first kappa shape index (κ1) is 15.1. The maximum absolute atomic E-state index is 12.5. The monoisotopic (exact) mass is 324 g/mol. The summed E-state index contributed by atoms with van der Waals surface area (Å²) in [5.41, 5.74) is 1.16. The average molecular weight is 325 g/mol. The molecule has 1 aliphatic heterocycles. The number of nitrogens with zero attached hydrogens (tertiary/aromatic N) is 3. The highest BCUT2D eigenvalue weighted by Crippen LogP contribution is 2.26. The summed E-state index contributed by atoms with van der Waals surface area (Å²) in [6, 6.07) is 1.91. The van der Waals surface area contributed by atoms with Crippen molar-refractivity contribution in [1.82, 2.24) is 20.3 Å². The van der Waals surface area contributed by atoms with Crippen LogP contribution >= 0.6 is 11.6 Å². The van der Waals surface area contributed by atoms with E-state index in [1.54, 1.807) is 12.0 Å². The van der Waals surface area contributed by atoms with Crippen molar-refractivity contribution in [1.29, 1.82) is 0 Å². The van der Waals surface area contributed by atoms with Crippen LogP contribution in [0.25, 0.3) is 0 Å². The normalized spacial score (nSPS) is 21.5. The number of halogens is 1. The molecule has 118 valence electrons. The summed E-state index contributed by atoms with van der Waals surface area (Å²) < 4.78 is 10.8. The van der Waals surface area contributed by atoms with Gasteiger partial charge in [-0.1, -0.05) is 16.8 Å². The second kappa shape index (κ2) is 6.10. The molecule has 2 atom stereocenters. The number of aromatic nitrogens is 3. The number of H-pyrrole nitrogens is 1. The number of carbonyl (C=O) groups excluding carboxylic acids is 1. The molecule has 0 radical (unpaired) electrons. The number of aryl methyl sites for hydroxylation is 1. The van der Waals surface area contributed by atoms with Gasteiger partial charge in [0.2, 0.25) is 0 Å². The summed E-state index contributed by atoms with van der Waals surface area (Å²) >= 11 is 5.96. The van der Waals surface area contributed by atoms with Gasteiger partial charge < -0.3 is 14.2 Å². The first-order valence-electron chi connectivity index (χ1n) is 7.01. The van der Waals surface area contributed by atoms with Crippen molar-refractivity contribution in [3.63, 3.8) is 0 Å². The third-order valence-electron chi connectivity index (χ3n) is 3.92. The summed E-state index contributed by atoms with van der Waals surface area (Å²) in [6.45, 7) is 2.97. The Bertz CT molecular complexity index is 669. The summed E-state index contributed by atoms with van der Waals surface area (Å²) in [5.74, 6) is 0.794. The summed E-state index contributed by atoms with van der Waals surface area (Å²) in [4.78, 5) is 14.2. The van der Waals surface area contributed by atoms with Gasteiger partial charge in [-0.05, 0) is 6.92 Å². The highest BCUT2D eigenvalue weighted by atomic mass is 35.5. The minimum atomic E-state index is -0.166. The Kier molecular flexibility index (Phi) is 4.17. The van der Waals surface area contributed by atoms with Crippen molar-refractivity contribution in [2.75, 3.05) is 20.2 Å². The molecule has 2 unspecified atom stereocenters. The number of nitrogens with one attached hydrogen (secondary N) is 1. The summed E-state index contributed by atoms with van der Waals surface area (Å²) in [7, 11) is 1.65. The minimum absolute atomic E-state index is 0.0453. The lowest BCUT2D eigenvalue weighted by Gasteiger charge is -2.14. The fourth-order valence-corrected chi connectivity index (χ4v) is 2.99. The lowest BCUT2D eigenvalue weighted by Crippen LogP contribution is -2.30. The van der Waals surface area contributed by atoms with Gasteiger partial charge in [-0.3, -0.25) is 9.89 Å². The predicted molar refractivity (Wildman–Crippen MR) is 78.7 cm³/mol. The van der Waals surface area contributed by atoms with E-state index in [2.05, 4.69) is 15.4 Å². The Morgan fingerprint density at radius 2 is 2.41 bits per heavy atom. The van der Waals surface area contributed by atoms with Crippen molar-refractivity contribution >= 4 is 17.5 Å². The second-order valence-corrected chi connectivity index (χ2v) is 5.88. The van der Waals surface area contributed by atoms with Crippen LogP contribution in [0.4, 0.5) is 0 Å². The lowest BCUT2D eigenvalue weighted by atomic mass is 10.0. The Hall–Kier alpha value is -1.86. The van der Waals surface area contributed by atoms with E-state index in [0.717, 1.165) is 11.5 Å². The highest BCUT2D eigenvalue weighted by Gasteiger charge is 2.37. The number of methoxy groups -OCH3 is 1. The van der Waals surface area contributed by atoms with Crippen LogP contribution in [0.15, 0.2) is 16.8 Å². The number of carbonyl (C=O) groups is 1. The number of rotatable bonds is 4. The van der Waals surface area contributed by atoms with E-state index in [4.69, 9.17) is 20.9 Å². The molecule has 3 rings (SSSR count). The molecule has 2 aromatic rings. The maximum atomic E-state index is 12.5. The average Bonchev–Trinajstić information content (AvgIpc) is 3.19. The van der Waals surface area contributed by atoms with E-state index >= 15 is 0 Å². The Balaban J connectivity index is 1.71. The minimum Gasteiger partial charge on any atom is -0.379 e. The molecule has 3 heterocycles. The standard InChI is InChI=1S/C14H17ClN4O3/c1-8-3-10(22-18-8)4-9-6-19(7-12(9)21-2)14(20)13-11(15)5-16-17-13/h3,5,9,12H,4,6-7H2,1-2H3,(H,16,17). The van der Waals surface area contributed by atoms with Gasteiger partial charge in [-0.25, -0.2) is 0 Å². The fraction of sp³-hybridized carbons (Fsp3) is 0.500. The van der Waals surface area contributed by atoms with Crippen LogP contribution in [-0.2, 0) is 11.2 Å². The van der Waals surface area contributed by atoms with E-state index in [-0.39, 0.29) is 17.9 Å². The number of hydrogen-bond donors (Lipinski definition) is 1. The Morgan fingerprint density at radius 1 is 1.59 bits per heavy atom. The topological polar surface area (TPSA) is 84.2 Å². The molecule has 0 bridgehead atoms. The molecule has 1 saturated heterocycles. The largest absolute Gasteiger partial charge is 0.379 e. The first-order valence-corrected chi connectivity index (χ1v) is 7.39. The lowest BCUT2D eigenvalue weighted by molar-refractivity contribution is 0.0669. The molecular weight excluding hydrogens is 308 g/mol. The van der Waals surface area contributed by atoms with Gasteiger partial charge in [-0.15, -0.1) is 0 Å². The van der Waals surface area contributed by atoms with Crippen LogP contribution in [0.1, 0.15) is 21.9 Å². The number of aromatic amines is 1. The van der Waals surface area contributed by atoms with Crippen LogP contribution < -0.4 is 0 Å². The Labute approximate surface area is 132 Å². The molecule has 0 aliphatic carbocycles. The van der Waals surface area contributed by atoms with Gasteiger partial charge in [0, 0.05) is 38.6 Å². The first-order chi connectivity index (χ1) is 10.6. The van der Waals surface area contributed by atoms with Gasteiger partial charge in [0.1, 0.15) is 11.5 Å². The molecule has 1 amide bonds. The number of likely N-dealkylation sites (tertiary alicyclic amines) is 1. The quantitative estimate of drug-likeness (QED) is 0.925. The molecule has 22 heavy (non-hydrogen) atoms. The molecule has 0 saturated carbocycles. The molecule has 1 aliphatic rings. The molecule has 0 aromatic carbocycles. The zero-order valence-electron chi connectivity index (χ0n) is 12.4. The fourth-order valence-electron chi connectivity index (χ4n) is 2.82.